The molecule has 1 aliphatic heterocycles. The Balaban J connectivity index is 2.36. The van der Waals surface area contributed by atoms with Crippen LogP contribution in [-0.2, 0) is 4.74 Å². The number of rotatable bonds is 4. The normalized spacial score (nSPS) is 19.7. The minimum absolute atomic E-state index is 0.0330. The fraction of sp³-hybridized carbons (Fsp3) is 0.692. The predicted molar refractivity (Wildman–Crippen MR) is 89.0 cm³/mol. The van der Waals surface area contributed by atoms with Crippen LogP contribution in [0.3, 0.4) is 0 Å². The molecule has 0 aromatic carbocycles. The highest BCUT2D eigenvalue weighted by Crippen LogP contribution is 2.30. The van der Waals surface area contributed by atoms with E-state index in [9.17, 15) is 0 Å². The molecule has 1 fully saturated rings. The average Bonchev–Trinajstić information content (AvgIpc) is 2.42. The van der Waals surface area contributed by atoms with E-state index in [1.807, 2.05) is 11.8 Å². The number of hydrogen-bond acceptors (Lipinski definition) is 5. The predicted octanol–water partition coefficient (Wildman–Crippen LogP) is 3.44. The summed E-state index contributed by atoms with van der Waals surface area (Å²) in [5.74, 6) is 4.17. The molecule has 0 aliphatic carbocycles. The maximum absolute atomic E-state index is 5.80. The number of halogens is 1. The zero-order chi connectivity index (χ0) is 13.8. The van der Waals surface area contributed by atoms with Crippen LogP contribution in [0.15, 0.2) is 0 Å². The fourth-order valence-electron chi connectivity index (χ4n) is 1.93. The van der Waals surface area contributed by atoms with Gasteiger partial charge in [0.2, 0.25) is 0 Å². The lowest BCUT2D eigenvalue weighted by Crippen LogP contribution is -2.20. The third kappa shape index (κ3) is 3.72. The molecule has 0 saturated carbocycles. The Morgan fingerprint density at radius 3 is 2.84 bits per heavy atom. The van der Waals surface area contributed by atoms with E-state index in [0.29, 0.717) is 5.92 Å². The number of ether oxygens (including phenoxy) is 1. The number of nitrogens with zero attached hydrogens (tertiary/aromatic N) is 2. The summed E-state index contributed by atoms with van der Waals surface area (Å²) in [4.78, 5) is 9.40. The molecule has 4 nitrogen and oxygen atoms in total. The quantitative estimate of drug-likeness (QED) is 0.795. The first-order chi connectivity index (χ1) is 9.13. The zero-order valence-electron chi connectivity index (χ0n) is 11.6. The highest BCUT2D eigenvalue weighted by molar-refractivity contribution is 14.1. The first-order valence-corrected chi connectivity index (χ1v) is 8.87. The van der Waals surface area contributed by atoms with Crippen molar-refractivity contribution in [2.75, 3.05) is 30.0 Å². The summed E-state index contributed by atoms with van der Waals surface area (Å²) in [6, 6.07) is 0. The van der Waals surface area contributed by atoms with Gasteiger partial charge >= 0.3 is 0 Å². The van der Waals surface area contributed by atoms with Gasteiger partial charge in [-0.1, -0.05) is 13.8 Å². The Hall–Kier alpha value is -0.0800. The summed E-state index contributed by atoms with van der Waals surface area (Å²) in [6.07, 6.45) is 0.0330. The van der Waals surface area contributed by atoms with Gasteiger partial charge in [-0.3, -0.25) is 0 Å². The van der Waals surface area contributed by atoms with E-state index in [1.54, 1.807) is 0 Å². The molecule has 2 rings (SSSR count). The van der Waals surface area contributed by atoms with Gasteiger partial charge in [0.15, 0.2) is 5.82 Å². The molecule has 6 heteroatoms. The summed E-state index contributed by atoms with van der Waals surface area (Å²) in [5.41, 5.74) is 1.11. The molecule has 2 heterocycles. The number of hydrogen-bond donors (Lipinski definition) is 1. The van der Waals surface area contributed by atoms with E-state index in [4.69, 9.17) is 9.72 Å². The molecule has 1 aliphatic rings. The first-order valence-electron chi connectivity index (χ1n) is 6.64. The molecule has 0 spiro atoms. The van der Waals surface area contributed by atoms with Gasteiger partial charge < -0.3 is 10.1 Å². The van der Waals surface area contributed by atoms with Crippen LogP contribution < -0.4 is 5.32 Å². The molecule has 1 N–H and O–H groups in total. The van der Waals surface area contributed by atoms with Crippen molar-refractivity contribution < 1.29 is 4.74 Å². The number of anilines is 1. The minimum Gasteiger partial charge on any atom is -0.369 e. The molecule has 0 bridgehead atoms. The molecule has 0 amide bonds. The molecule has 1 aromatic heterocycles. The zero-order valence-corrected chi connectivity index (χ0v) is 14.5. The Labute approximate surface area is 132 Å². The lowest BCUT2D eigenvalue weighted by molar-refractivity contribution is 0.0693. The Kier molecular flexibility index (Phi) is 5.70. The van der Waals surface area contributed by atoms with E-state index in [0.717, 1.165) is 45.6 Å². The van der Waals surface area contributed by atoms with Crippen molar-refractivity contribution in [2.24, 2.45) is 0 Å². The molecule has 106 valence electrons. The van der Waals surface area contributed by atoms with Crippen LogP contribution in [-0.4, -0.2) is 34.6 Å². The van der Waals surface area contributed by atoms with Crippen molar-refractivity contribution in [3.63, 3.8) is 0 Å². The Morgan fingerprint density at radius 2 is 2.26 bits per heavy atom. The number of thioether (sulfide) groups is 1. The lowest BCUT2D eigenvalue weighted by atomic mass is 10.1. The van der Waals surface area contributed by atoms with Gasteiger partial charge in [-0.2, -0.15) is 11.8 Å². The number of aromatic nitrogens is 2. The molecule has 0 radical (unpaired) electrons. The maximum atomic E-state index is 5.80. The monoisotopic (exact) mass is 393 g/mol. The van der Waals surface area contributed by atoms with Crippen LogP contribution in [0.25, 0.3) is 0 Å². The molecular weight excluding hydrogens is 373 g/mol. The summed E-state index contributed by atoms with van der Waals surface area (Å²) in [7, 11) is 0. The van der Waals surface area contributed by atoms with Crippen molar-refractivity contribution in [2.45, 2.75) is 32.8 Å². The minimum atomic E-state index is 0.0330. The van der Waals surface area contributed by atoms with Gasteiger partial charge in [0.1, 0.15) is 11.9 Å². The van der Waals surface area contributed by atoms with E-state index in [2.05, 4.69) is 53.7 Å². The molecule has 19 heavy (non-hydrogen) atoms. The Bertz CT molecular complexity index is 436. The lowest BCUT2D eigenvalue weighted by Gasteiger charge is -2.23. The molecule has 1 saturated heterocycles. The van der Waals surface area contributed by atoms with Crippen LogP contribution in [0.5, 0.6) is 0 Å². The molecule has 1 unspecified atom stereocenters. The van der Waals surface area contributed by atoms with Gasteiger partial charge in [-0.15, -0.1) is 0 Å². The summed E-state index contributed by atoms with van der Waals surface area (Å²) in [6.45, 7) is 8.07. The van der Waals surface area contributed by atoms with Crippen LogP contribution in [0.1, 0.15) is 44.3 Å². The third-order valence-corrected chi connectivity index (χ3v) is 4.95. The van der Waals surface area contributed by atoms with Gasteiger partial charge in [0.05, 0.1) is 15.9 Å². The van der Waals surface area contributed by atoms with Crippen LogP contribution >= 0.6 is 34.4 Å². The van der Waals surface area contributed by atoms with E-state index in [1.165, 1.54) is 0 Å². The largest absolute Gasteiger partial charge is 0.369 e. The van der Waals surface area contributed by atoms with Crippen LogP contribution in [0, 0.1) is 3.57 Å². The standard InChI is InChI=1S/C13H20IN3OS/c1-4-15-13-10(14)11(8(2)3)16-12(17-13)9-7-19-6-5-18-9/h8-9H,4-7H2,1-3H3,(H,15,16,17). The topological polar surface area (TPSA) is 47.0 Å². The highest BCUT2D eigenvalue weighted by Gasteiger charge is 2.23. The smallest absolute Gasteiger partial charge is 0.160 e. The summed E-state index contributed by atoms with van der Waals surface area (Å²) >= 11 is 4.24. The van der Waals surface area contributed by atoms with Gasteiger partial charge in [0.25, 0.3) is 0 Å². The van der Waals surface area contributed by atoms with Gasteiger partial charge in [-0.05, 0) is 35.4 Å². The second-order valence-electron chi connectivity index (χ2n) is 4.75. The van der Waals surface area contributed by atoms with Crippen molar-refractivity contribution in [3.8, 4) is 0 Å². The Morgan fingerprint density at radius 1 is 1.47 bits per heavy atom. The summed E-state index contributed by atoms with van der Waals surface area (Å²) in [5, 5.41) is 3.33. The average molecular weight is 393 g/mol. The number of nitrogens with one attached hydrogen (secondary N) is 1. The van der Waals surface area contributed by atoms with Gasteiger partial charge in [-0.25, -0.2) is 9.97 Å². The van der Waals surface area contributed by atoms with Gasteiger partial charge in [0, 0.05) is 18.1 Å². The SMILES string of the molecule is CCNc1nc(C2CSCCO2)nc(C(C)C)c1I. The third-order valence-electron chi connectivity index (χ3n) is 2.89. The second-order valence-corrected chi connectivity index (χ2v) is 6.98. The molecule has 1 atom stereocenters. The van der Waals surface area contributed by atoms with E-state index >= 15 is 0 Å². The van der Waals surface area contributed by atoms with E-state index < -0.39 is 0 Å². The van der Waals surface area contributed by atoms with Crippen molar-refractivity contribution in [1.29, 1.82) is 0 Å². The molecular formula is C13H20IN3OS. The van der Waals surface area contributed by atoms with Crippen molar-refractivity contribution in [1.82, 2.24) is 9.97 Å². The van der Waals surface area contributed by atoms with Crippen molar-refractivity contribution >= 4 is 40.2 Å². The molecule has 1 aromatic rings. The van der Waals surface area contributed by atoms with E-state index in [-0.39, 0.29) is 6.10 Å². The first kappa shape index (κ1) is 15.3. The van der Waals surface area contributed by atoms with Crippen molar-refractivity contribution in [3.05, 3.63) is 15.1 Å². The highest BCUT2D eigenvalue weighted by atomic mass is 127. The fourth-order valence-corrected chi connectivity index (χ4v) is 3.83. The summed E-state index contributed by atoms with van der Waals surface area (Å²) < 4.78 is 6.92. The second kappa shape index (κ2) is 7.08. The van der Waals surface area contributed by atoms with Crippen LogP contribution in [0.2, 0.25) is 0 Å². The maximum Gasteiger partial charge on any atom is 0.160 e. The van der Waals surface area contributed by atoms with Crippen LogP contribution in [0.4, 0.5) is 5.82 Å².